The lowest BCUT2D eigenvalue weighted by molar-refractivity contribution is -0.164. The smallest absolute Gasteiger partial charge is 0.351 e. The number of hydrogen-bond donors (Lipinski definition) is 1. The van der Waals surface area contributed by atoms with Crippen LogP contribution in [0.25, 0.3) is 0 Å². The predicted molar refractivity (Wildman–Crippen MR) is 122 cm³/mol. The molecular formula is C26H23FN2O4. The number of amides is 1. The molecule has 2 unspecified atom stereocenters. The van der Waals surface area contributed by atoms with Crippen LogP contribution >= 0.6 is 0 Å². The lowest BCUT2D eigenvalue weighted by Gasteiger charge is -2.20. The van der Waals surface area contributed by atoms with Crippen molar-refractivity contribution in [3.05, 3.63) is 101 Å². The summed E-state index contributed by atoms with van der Waals surface area (Å²) in [5.41, 5.74) is 4.01. The molecule has 3 aromatic carbocycles. The Morgan fingerprint density at radius 3 is 2.61 bits per heavy atom. The number of nitrogens with one attached hydrogen (secondary N) is 1. The van der Waals surface area contributed by atoms with E-state index in [0.29, 0.717) is 22.5 Å². The fourth-order valence-electron chi connectivity index (χ4n) is 3.50. The second-order valence-corrected chi connectivity index (χ2v) is 7.88. The van der Waals surface area contributed by atoms with Gasteiger partial charge in [0.15, 0.2) is 0 Å². The first-order chi connectivity index (χ1) is 15.9. The van der Waals surface area contributed by atoms with Crippen molar-refractivity contribution in [2.75, 3.05) is 5.32 Å². The topological polar surface area (TPSA) is 77.0 Å². The van der Waals surface area contributed by atoms with Gasteiger partial charge in [0.25, 0.3) is 5.91 Å². The van der Waals surface area contributed by atoms with E-state index in [0.717, 1.165) is 11.1 Å². The number of anilines is 1. The highest BCUT2D eigenvalue weighted by Gasteiger charge is 2.34. The van der Waals surface area contributed by atoms with Gasteiger partial charge in [-0.15, -0.1) is 0 Å². The molecule has 2 atom stereocenters. The van der Waals surface area contributed by atoms with Gasteiger partial charge >= 0.3 is 5.97 Å². The molecule has 4 rings (SSSR count). The van der Waals surface area contributed by atoms with E-state index < -0.39 is 29.9 Å². The first kappa shape index (κ1) is 22.2. The number of benzene rings is 3. The summed E-state index contributed by atoms with van der Waals surface area (Å²) in [5.74, 6) is -1.61. The number of rotatable bonds is 6. The van der Waals surface area contributed by atoms with E-state index in [2.05, 4.69) is 10.5 Å². The lowest BCUT2D eigenvalue weighted by atomic mass is 10.0. The van der Waals surface area contributed by atoms with Gasteiger partial charge in [-0.2, -0.15) is 0 Å². The second-order valence-electron chi connectivity index (χ2n) is 7.88. The summed E-state index contributed by atoms with van der Waals surface area (Å²) < 4.78 is 19.1. The van der Waals surface area contributed by atoms with Crippen molar-refractivity contribution >= 4 is 23.3 Å². The number of aryl methyl sites for hydroxylation is 2. The molecule has 0 aromatic heterocycles. The molecule has 0 bridgehead atoms. The van der Waals surface area contributed by atoms with Crippen LogP contribution in [0.1, 0.15) is 34.8 Å². The van der Waals surface area contributed by atoms with E-state index >= 15 is 0 Å². The molecule has 6 nitrogen and oxygen atoms in total. The molecule has 0 fully saturated rings. The zero-order valence-corrected chi connectivity index (χ0v) is 18.2. The van der Waals surface area contributed by atoms with Crippen LogP contribution in [0, 0.1) is 19.7 Å². The summed E-state index contributed by atoms with van der Waals surface area (Å²) in [4.78, 5) is 31.3. The van der Waals surface area contributed by atoms with Crippen LogP contribution in [0.4, 0.5) is 10.1 Å². The number of esters is 1. The standard InChI is InChI=1S/C26H23FN2O4/c1-16-11-12-17(2)21(13-16)28-25(30)24(18-7-4-3-5-8-18)32-26(31)23-15-22(29-33-23)19-9-6-10-20(27)14-19/h3-14,23-24H,15H2,1-2H3,(H,28,30). The Morgan fingerprint density at radius 1 is 1.06 bits per heavy atom. The minimum atomic E-state index is -1.18. The molecule has 1 heterocycles. The Morgan fingerprint density at radius 2 is 1.85 bits per heavy atom. The van der Waals surface area contributed by atoms with E-state index in [4.69, 9.17) is 9.57 Å². The number of halogens is 1. The van der Waals surface area contributed by atoms with Gasteiger partial charge in [0.2, 0.25) is 12.2 Å². The summed E-state index contributed by atoms with van der Waals surface area (Å²) in [5, 5.41) is 6.77. The van der Waals surface area contributed by atoms with Gasteiger partial charge in [-0.1, -0.05) is 59.8 Å². The summed E-state index contributed by atoms with van der Waals surface area (Å²) in [6, 6.07) is 20.4. The van der Waals surface area contributed by atoms with Crippen molar-refractivity contribution in [3.63, 3.8) is 0 Å². The van der Waals surface area contributed by atoms with Crippen molar-refractivity contribution in [2.24, 2.45) is 5.16 Å². The number of carbonyl (C=O) groups is 2. The lowest BCUT2D eigenvalue weighted by Crippen LogP contribution is -2.31. The highest BCUT2D eigenvalue weighted by atomic mass is 19.1. The normalized spacial score (nSPS) is 15.8. The van der Waals surface area contributed by atoms with Crippen molar-refractivity contribution in [1.29, 1.82) is 0 Å². The maximum Gasteiger partial charge on any atom is 0.351 e. The maximum absolute atomic E-state index is 13.5. The fourth-order valence-corrected chi connectivity index (χ4v) is 3.50. The van der Waals surface area contributed by atoms with E-state index in [1.807, 2.05) is 38.1 Å². The van der Waals surface area contributed by atoms with Gasteiger partial charge in [0.05, 0.1) is 5.71 Å². The first-order valence-corrected chi connectivity index (χ1v) is 10.5. The molecular weight excluding hydrogens is 423 g/mol. The Kier molecular flexibility index (Phi) is 6.49. The van der Waals surface area contributed by atoms with Crippen LogP contribution in [0.3, 0.4) is 0 Å². The van der Waals surface area contributed by atoms with Crippen LogP contribution in [0.2, 0.25) is 0 Å². The SMILES string of the molecule is Cc1ccc(C)c(NC(=O)C(OC(=O)C2CC(c3cccc(F)c3)=NO2)c2ccccc2)c1. The molecule has 33 heavy (non-hydrogen) atoms. The minimum Gasteiger partial charge on any atom is -0.444 e. The monoisotopic (exact) mass is 446 g/mol. The molecule has 0 spiro atoms. The van der Waals surface area contributed by atoms with Crippen molar-refractivity contribution in [1.82, 2.24) is 0 Å². The Hall–Kier alpha value is -4.00. The van der Waals surface area contributed by atoms with Crippen LogP contribution < -0.4 is 5.32 Å². The third-order valence-corrected chi connectivity index (χ3v) is 5.32. The van der Waals surface area contributed by atoms with Gasteiger partial charge in [-0.25, -0.2) is 9.18 Å². The van der Waals surface area contributed by atoms with Crippen LogP contribution in [-0.2, 0) is 19.2 Å². The molecule has 1 aliphatic heterocycles. The average molecular weight is 446 g/mol. The Balaban J connectivity index is 1.50. The van der Waals surface area contributed by atoms with E-state index in [9.17, 15) is 14.0 Å². The zero-order valence-electron chi connectivity index (χ0n) is 18.2. The van der Waals surface area contributed by atoms with Crippen molar-refractivity contribution in [3.8, 4) is 0 Å². The number of carbonyl (C=O) groups excluding carboxylic acids is 2. The Labute approximate surface area is 191 Å². The highest BCUT2D eigenvalue weighted by molar-refractivity contribution is 6.04. The molecule has 1 N–H and O–H groups in total. The third-order valence-electron chi connectivity index (χ3n) is 5.32. The summed E-state index contributed by atoms with van der Waals surface area (Å²) in [6.45, 7) is 3.81. The largest absolute Gasteiger partial charge is 0.444 e. The average Bonchev–Trinajstić information content (AvgIpc) is 3.31. The fraction of sp³-hybridized carbons (Fsp3) is 0.192. The predicted octanol–water partition coefficient (Wildman–Crippen LogP) is 4.86. The van der Waals surface area contributed by atoms with Gasteiger partial charge in [-0.3, -0.25) is 4.79 Å². The minimum absolute atomic E-state index is 0.113. The van der Waals surface area contributed by atoms with Crippen molar-refractivity contribution < 1.29 is 23.6 Å². The van der Waals surface area contributed by atoms with Gasteiger partial charge in [-0.05, 0) is 43.2 Å². The third kappa shape index (κ3) is 5.26. The van der Waals surface area contributed by atoms with Gasteiger partial charge in [0, 0.05) is 23.2 Å². The molecule has 0 saturated carbocycles. The summed E-state index contributed by atoms with van der Waals surface area (Å²) in [6.07, 6.45) is -2.09. The Bertz CT molecular complexity index is 1210. The molecule has 1 aliphatic rings. The van der Waals surface area contributed by atoms with E-state index in [-0.39, 0.29) is 6.42 Å². The number of ether oxygens (including phenoxy) is 1. The highest BCUT2D eigenvalue weighted by Crippen LogP contribution is 2.25. The van der Waals surface area contributed by atoms with Crippen LogP contribution in [0.5, 0.6) is 0 Å². The molecule has 168 valence electrons. The van der Waals surface area contributed by atoms with E-state index in [1.165, 1.54) is 12.1 Å². The van der Waals surface area contributed by atoms with Crippen LogP contribution in [-0.4, -0.2) is 23.7 Å². The van der Waals surface area contributed by atoms with Crippen LogP contribution in [0.15, 0.2) is 78.0 Å². The molecule has 7 heteroatoms. The molecule has 0 radical (unpaired) electrons. The second kappa shape index (κ2) is 9.65. The number of oxime groups is 1. The molecule has 3 aromatic rings. The zero-order chi connectivity index (χ0) is 23.4. The van der Waals surface area contributed by atoms with Crippen molar-refractivity contribution in [2.45, 2.75) is 32.5 Å². The molecule has 1 amide bonds. The summed E-state index contributed by atoms with van der Waals surface area (Å²) in [7, 11) is 0. The maximum atomic E-state index is 13.5. The molecule has 0 aliphatic carbocycles. The quantitative estimate of drug-likeness (QED) is 0.549. The summed E-state index contributed by atoms with van der Waals surface area (Å²) >= 11 is 0. The first-order valence-electron chi connectivity index (χ1n) is 10.5. The van der Waals surface area contributed by atoms with Gasteiger partial charge in [0.1, 0.15) is 5.82 Å². The van der Waals surface area contributed by atoms with Gasteiger partial charge < -0.3 is 14.9 Å². The number of nitrogens with zero attached hydrogens (tertiary/aromatic N) is 1. The molecule has 0 saturated heterocycles. The number of hydrogen-bond acceptors (Lipinski definition) is 5. The van der Waals surface area contributed by atoms with E-state index in [1.54, 1.807) is 36.4 Å².